The predicted molar refractivity (Wildman–Crippen MR) is 91.7 cm³/mol. The van der Waals surface area contributed by atoms with Crippen LogP contribution in [-0.4, -0.2) is 26.2 Å². The summed E-state index contributed by atoms with van der Waals surface area (Å²) >= 11 is 5.72. The van der Waals surface area contributed by atoms with Crippen molar-refractivity contribution in [2.24, 2.45) is 5.92 Å². The maximum atomic E-state index is 5.98. The lowest BCUT2D eigenvalue weighted by atomic mass is 10.1. The summed E-state index contributed by atoms with van der Waals surface area (Å²) in [5.74, 6) is 3.30. The van der Waals surface area contributed by atoms with E-state index >= 15 is 0 Å². The molecule has 0 aliphatic heterocycles. The van der Waals surface area contributed by atoms with E-state index in [-0.39, 0.29) is 0 Å². The van der Waals surface area contributed by atoms with Crippen LogP contribution in [0.5, 0.6) is 17.2 Å². The Kier molecular flexibility index (Phi) is 6.20. The summed E-state index contributed by atoms with van der Waals surface area (Å²) in [7, 11) is 1.65. The third-order valence-corrected chi connectivity index (χ3v) is 3.51. The first-order valence-electron chi connectivity index (χ1n) is 7.58. The summed E-state index contributed by atoms with van der Waals surface area (Å²) in [6, 6.07) is 9.95. The highest BCUT2D eigenvalue weighted by atomic mass is 35.5. The van der Waals surface area contributed by atoms with E-state index in [9.17, 15) is 0 Å². The lowest BCUT2D eigenvalue weighted by molar-refractivity contribution is 0.258. The van der Waals surface area contributed by atoms with Crippen LogP contribution in [0.2, 0.25) is 0 Å². The molecule has 0 atom stereocenters. The predicted octanol–water partition coefficient (Wildman–Crippen LogP) is 4.89. The van der Waals surface area contributed by atoms with Gasteiger partial charge in [0.2, 0.25) is 0 Å². The van der Waals surface area contributed by atoms with Gasteiger partial charge < -0.3 is 14.2 Å². The Labute approximate surface area is 137 Å². The molecule has 0 N–H and O–H groups in total. The Bertz CT molecular complexity index is 611. The first-order valence-corrected chi connectivity index (χ1v) is 8.12. The average molecular weight is 323 g/mol. The lowest BCUT2D eigenvalue weighted by Gasteiger charge is -2.17. The molecule has 22 heavy (non-hydrogen) atoms. The van der Waals surface area contributed by atoms with E-state index in [1.54, 1.807) is 7.11 Å². The number of hydrogen-bond acceptors (Lipinski definition) is 3. The Balaban J connectivity index is 2.43. The van der Waals surface area contributed by atoms with Gasteiger partial charge in [0.1, 0.15) is 5.75 Å². The molecule has 4 heteroatoms. The third-order valence-electron chi connectivity index (χ3n) is 3.24. The standard InChI is InChI=1S/C18H23ClO3/c1-13(2)12-22-18-15-8-5-4-7-14(15)16(11-17(18)20-3)21-10-6-9-19/h4-5,7-8,11,13H,6,9-10,12H2,1-3H3. The molecule has 120 valence electrons. The second-order valence-corrected chi connectivity index (χ2v) is 5.93. The van der Waals surface area contributed by atoms with Crippen LogP contribution in [-0.2, 0) is 0 Å². The Hall–Kier alpha value is -1.61. The zero-order valence-electron chi connectivity index (χ0n) is 13.4. The fourth-order valence-corrected chi connectivity index (χ4v) is 2.31. The molecular formula is C18H23ClO3. The quantitative estimate of drug-likeness (QED) is 0.511. The van der Waals surface area contributed by atoms with Gasteiger partial charge in [0.15, 0.2) is 11.5 Å². The largest absolute Gasteiger partial charge is 0.493 e. The number of hydrogen-bond donors (Lipinski definition) is 0. The second-order valence-electron chi connectivity index (χ2n) is 5.55. The molecule has 0 aliphatic rings. The minimum Gasteiger partial charge on any atom is -0.493 e. The van der Waals surface area contributed by atoms with Crippen molar-refractivity contribution in [3.63, 3.8) is 0 Å². The van der Waals surface area contributed by atoms with E-state index in [2.05, 4.69) is 13.8 Å². The van der Waals surface area contributed by atoms with E-state index in [1.165, 1.54) is 0 Å². The van der Waals surface area contributed by atoms with Gasteiger partial charge in [-0.3, -0.25) is 0 Å². The van der Waals surface area contributed by atoms with Crippen molar-refractivity contribution >= 4 is 22.4 Å². The number of rotatable bonds is 8. The highest BCUT2D eigenvalue weighted by Gasteiger charge is 2.15. The molecule has 0 amide bonds. The van der Waals surface area contributed by atoms with Gasteiger partial charge >= 0.3 is 0 Å². The van der Waals surface area contributed by atoms with Crippen LogP contribution in [0.25, 0.3) is 10.8 Å². The average Bonchev–Trinajstić information content (AvgIpc) is 2.53. The molecule has 0 saturated carbocycles. The molecule has 2 rings (SSSR count). The number of ether oxygens (including phenoxy) is 3. The molecule has 0 bridgehead atoms. The number of benzene rings is 2. The van der Waals surface area contributed by atoms with Crippen molar-refractivity contribution in [2.75, 3.05) is 26.2 Å². The van der Waals surface area contributed by atoms with Crippen LogP contribution in [0.15, 0.2) is 30.3 Å². The van der Waals surface area contributed by atoms with E-state index < -0.39 is 0 Å². The van der Waals surface area contributed by atoms with E-state index in [4.69, 9.17) is 25.8 Å². The smallest absolute Gasteiger partial charge is 0.169 e. The van der Waals surface area contributed by atoms with E-state index in [0.29, 0.717) is 30.8 Å². The van der Waals surface area contributed by atoms with Crippen molar-refractivity contribution in [3.8, 4) is 17.2 Å². The van der Waals surface area contributed by atoms with Crippen LogP contribution in [0, 0.1) is 5.92 Å². The van der Waals surface area contributed by atoms with Crippen molar-refractivity contribution in [3.05, 3.63) is 30.3 Å². The maximum Gasteiger partial charge on any atom is 0.169 e. The summed E-state index contributed by atoms with van der Waals surface area (Å²) in [5, 5.41) is 2.03. The Morgan fingerprint density at radius 1 is 1.05 bits per heavy atom. The van der Waals surface area contributed by atoms with Crippen LogP contribution >= 0.6 is 11.6 Å². The monoisotopic (exact) mass is 322 g/mol. The van der Waals surface area contributed by atoms with Gasteiger partial charge in [-0.1, -0.05) is 38.1 Å². The van der Waals surface area contributed by atoms with Crippen molar-refractivity contribution in [1.82, 2.24) is 0 Å². The van der Waals surface area contributed by atoms with Gasteiger partial charge in [-0.05, 0) is 12.3 Å². The van der Waals surface area contributed by atoms with Crippen LogP contribution in [0.3, 0.4) is 0 Å². The third kappa shape index (κ3) is 3.98. The van der Waals surface area contributed by atoms with Crippen LogP contribution in [0.1, 0.15) is 20.3 Å². The Morgan fingerprint density at radius 2 is 1.77 bits per heavy atom. The summed E-state index contributed by atoms with van der Waals surface area (Å²) in [5.41, 5.74) is 0. The highest BCUT2D eigenvalue weighted by Crippen LogP contribution is 2.41. The highest BCUT2D eigenvalue weighted by molar-refractivity contribution is 6.17. The van der Waals surface area contributed by atoms with Crippen molar-refractivity contribution < 1.29 is 14.2 Å². The number of fused-ring (bicyclic) bond motifs is 1. The van der Waals surface area contributed by atoms with Gasteiger partial charge in [-0.2, -0.15) is 0 Å². The SMILES string of the molecule is COc1cc(OCCCCl)c2ccccc2c1OCC(C)C. The molecule has 3 nitrogen and oxygen atoms in total. The molecule has 0 fully saturated rings. The molecule has 0 spiro atoms. The first kappa shape index (κ1) is 16.8. The van der Waals surface area contributed by atoms with Crippen molar-refractivity contribution in [2.45, 2.75) is 20.3 Å². The molecule has 0 aliphatic carbocycles. The molecule has 0 radical (unpaired) electrons. The second kappa shape index (κ2) is 8.14. The fraction of sp³-hybridized carbons (Fsp3) is 0.444. The molecule has 2 aromatic carbocycles. The Morgan fingerprint density at radius 3 is 2.41 bits per heavy atom. The van der Waals surface area contributed by atoms with Gasteiger partial charge in [0, 0.05) is 22.7 Å². The fourth-order valence-electron chi connectivity index (χ4n) is 2.20. The summed E-state index contributed by atoms with van der Waals surface area (Å²) in [4.78, 5) is 0. The van der Waals surface area contributed by atoms with E-state index in [0.717, 1.165) is 28.7 Å². The maximum absolute atomic E-state index is 5.98. The first-order chi connectivity index (χ1) is 10.7. The lowest BCUT2D eigenvalue weighted by Crippen LogP contribution is -2.06. The number of halogens is 1. The topological polar surface area (TPSA) is 27.7 Å². The molecule has 0 unspecified atom stereocenters. The molecule has 0 saturated heterocycles. The van der Waals surface area contributed by atoms with Crippen LogP contribution in [0.4, 0.5) is 0 Å². The number of alkyl halides is 1. The van der Waals surface area contributed by atoms with Gasteiger partial charge in [0.25, 0.3) is 0 Å². The molecule has 0 heterocycles. The summed E-state index contributed by atoms with van der Waals surface area (Å²) in [6.07, 6.45) is 0.809. The zero-order valence-corrected chi connectivity index (χ0v) is 14.2. The van der Waals surface area contributed by atoms with E-state index in [1.807, 2.05) is 30.3 Å². The minimum absolute atomic E-state index is 0.447. The van der Waals surface area contributed by atoms with Crippen LogP contribution < -0.4 is 14.2 Å². The normalized spacial score (nSPS) is 11.0. The van der Waals surface area contributed by atoms with Crippen molar-refractivity contribution in [1.29, 1.82) is 0 Å². The minimum atomic E-state index is 0.447. The molecule has 0 aromatic heterocycles. The molecular weight excluding hydrogens is 300 g/mol. The molecule has 2 aromatic rings. The van der Waals surface area contributed by atoms with Gasteiger partial charge in [0.05, 0.1) is 20.3 Å². The van der Waals surface area contributed by atoms with Gasteiger partial charge in [-0.25, -0.2) is 0 Å². The zero-order chi connectivity index (χ0) is 15.9. The van der Waals surface area contributed by atoms with Gasteiger partial charge in [-0.15, -0.1) is 11.6 Å². The summed E-state index contributed by atoms with van der Waals surface area (Å²) in [6.45, 7) is 5.48. The summed E-state index contributed by atoms with van der Waals surface area (Å²) < 4.78 is 17.3. The number of methoxy groups -OCH3 is 1.